The van der Waals surface area contributed by atoms with E-state index in [-0.39, 0.29) is 5.72 Å². The van der Waals surface area contributed by atoms with E-state index in [1.165, 1.54) is 0 Å². The van der Waals surface area contributed by atoms with E-state index in [0.717, 1.165) is 0 Å². The second-order valence-electron chi connectivity index (χ2n) is 1.65. The Balaban J connectivity index is 4.43. The molecule has 0 aliphatic heterocycles. The van der Waals surface area contributed by atoms with Gasteiger partial charge in [-0.1, -0.05) is 0 Å². The molecule has 0 spiro atoms. The van der Waals surface area contributed by atoms with Crippen molar-refractivity contribution in [2.75, 3.05) is 0 Å². The van der Waals surface area contributed by atoms with Crippen LogP contribution in [0.5, 0.6) is 0 Å². The first-order valence-electron chi connectivity index (χ1n) is 3.93. The van der Waals surface area contributed by atoms with Crippen molar-refractivity contribution in [3.8, 4) is 0 Å². The second kappa shape index (κ2) is 3.84. The molecule has 0 saturated heterocycles. The molecule has 0 aliphatic rings. The average Bonchev–Trinajstić information content (AvgIpc) is 1.99. The van der Waals surface area contributed by atoms with Crippen LogP contribution in [0.3, 0.4) is 0 Å². The quantitative estimate of drug-likeness (QED) is 0.479. The van der Waals surface area contributed by atoms with Gasteiger partial charge in [0.1, 0.15) is 8.84 Å². The highest BCUT2D eigenvalue weighted by Crippen LogP contribution is 1.93. The SMILES string of the molecule is [2H]N([2H])C([2H])(CCC(=O)O)C(=O)O. The predicted octanol–water partition coefficient (Wildman–Crippen LogP) is -0.737. The van der Waals surface area contributed by atoms with Gasteiger partial charge < -0.3 is 15.9 Å². The van der Waals surface area contributed by atoms with Gasteiger partial charge in [-0.15, -0.1) is 0 Å². The normalized spacial score (nSPS) is 20.3. The maximum absolute atomic E-state index is 10.4. The lowest BCUT2D eigenvalue weighted by Gasteiger charge is -2.01. The minimum atomic E-state index is -2.52. The van der Waals surface area contributed by atoms with Gasteiger partial charge in [-0.25, -0.2) is 0 Å². The van der Waals surface area contributed by atoms with Crippen LogP contribution in [0.4, 0.5) is 0 Å². The zero-order valence-corrected chi connectivity index (χ0v) is 5.07. The molecular formula is C5H9NO4. The number of hydrogen-bond acceptors (Lipinski definition) is 3. The number of hydrogen-bond donors (Lipinski definition) is 3. The zero-order valence-electron chi connectivity index (χ0n) is 8.07. The van der Waals surface area contributed by atoms with Crippen molar-refractivity contribution in [3.63, 3.8) is 0 Å². The third-order valence-corrected chi connectivity index (χ3v) is 0.823. The lowest BCUT2D eigenvalue weighted by atomic mass is 10.2. The van der Waals surface area contributed by atoms with Crippen LogP contribution in [-0.4, -0.2) is 28.2 Å². The molecule has 0 rings (SSSR count). The summed E-state index contributed by atoms with van der Waals surface area (Å²) in [7, 11) is 0. The molecule has 0 heterocycles. The number of carboxylic acid groups (broad SMARTS) is 2. The molecule has 0 aromatic rings. The Labute approximate surface area is 61.8 Å². The van der Waals surface area contributed by atoms with E-state index in [1.54, 1.807) is 0 Å². The topological polar surface area (TPSA) is 101 Å². The molecule has 0 bridgehead atoms. The summed E-state index contributed by atoms with van der Waals surface area (Å²) in [5, 5.41) is 16.7. The maximum Gasteiger partial charge on any atom is 0.320 e. The Hall–Kier alpha value is -1.10. The van der Waals surface area contributed by atoms with Gasteiger partial charge in [0.2, 0.25) is 0 Å². The fourth-order valence-corrected chi connectivity index (χ4v) is 0.332. The number of nitrogens with two attached hydrogens (primary N) is 1. The first-order valence-corrected chi connectivity index (χ1v) is 2.54. The third-order valence-electron chi connectivity index (χ3n) is 0.823. The van der Waals surface area contributed by atoms with Crippen LogP contribution in [0, 0.1) is 0 Å². The highest BCUT2D eigenvalue weighted by molar-refractivity contribution is 5.74. The van der Waals surface area contributed by atoms with E-state index >= 15 is 0 Å². The summed E-state index contributed by atoms with van der Waals surface area (Å²) < 4.78 is 20.4. The van der Waals surface area contributed by atoms with E-state index in [4.69, 9.17) is 14.4 Å². The molecule has 10 heavy (non-hydrogen) atoms. The molecule has 0 aromatic carbocycles. The van der Waals surface area contributed by atoms with Crippen LogP contribution in [0.15, 0.2) is 0 Å². The van der Waals surface area contributed by atoms with E-state index in [2.05, 4.69) is 0 Å². The molecule has 0 saturated carbocycles. The van der Waals surface area contributed by atoms with Crippen LogP contribution >= 0.6 is 0 Å². The molecule has 5 nitrogen and oxygen atoms in total. The van der Waals surface area contributed by atoms with Gasteiger partial charge in [0.15, 0.2) is 0 Å². The van der Waals surface area contributed by atoms with Gasteiger partial charge in [0, 0.05) is 6.42 Å². The molecule has 0 aliphatic carbocycles. The molecule has 1 unspecified atom stereocenters. The van der Waals surface area contributed by atoms with Crippen LogP contribution in [0.1, 0.15) is 14.2 Å². The molecule has 0 fully saturated rings. The van der Waals surface area contributed by atoms with Gasteiger partial charge in [-0.3, -0.25) is 9.59 Å². The van der Waals surface area contributed by atoms with Crippen molar-refractivity contribution in [1.82, 2.24) is 0 Å². The molecule has 1 atom stereocenters. The van der Waals surface area contributed by atoms with Crippen molar-refractivity contribution < 1.29 is 24.0 Å². The van der Waals surface area contributed by atoms with Crippen LogP contribution < -0.4 is 5.72 Å². The van der Waals surface area contributed by atoms with Crippen LogP contribution in [0.25, 0.3) is 0 Å². The summed E-state index contributed by atoms with van der Waals surface area (Å²) in [4.78, 5) is 20.5. The molecular weight excluding hydrogens is 138 g/mol. The summed E-state index contributed by atoms with van der Waals surface area (Å²) in [5.74, 6) is -2.97. The first kappa shape index (κ1) is 4.68. The Morgan fingerprint density at radius 3 is 2.60 bits per heavy atom. The van der Waals surface area contributed by atoms with Crippen molar-refractivity contribution in [3.05, 3.63) is 0 Å². The van der Waals surface area contributed by atoms with Crippen LogP contribution in [0.2, 0.25) is 2.82 Å². The molecule has 5 heteroatoms. The summed E-state index contributed by atoms with van der Waals surface area (Å²) in [5.41, 5.74) is -0.321. The van der Waals surface area contributed by atoms with Gasteiger partial charge >= 0.3 is 11.9 Å². The predicted molar refractivity (Wildman–Crippen MR) is 32.5 cm³/mol. The van der Waals surface area contributed by atoms with Crippen molar-refractivity contribution in [2.45, 2.75) is 18.9 Å². The smallest absolute Gasteiger partial charge is 0.320 e. The minimum Gasteiger partial charge on any atom is -0.481 e. The maximum atomic E-state index is 10.4. The van der Waals surface area contributed by atoms with Gasteiger partial charge in [0.25, 0.3) is 0 Å². The minimum absolute atomic E-state index is 0.321. The Kier molecular flexibility index (Phi) is 1.79. The van der Waals surface area contributed by atoms with E-state index < -0.39 is 30.8 Å². The standard InChI is InChI=1S/C5H9NO4/c6-3(5(9)10)1-2-4(7)8/h3H,1-2,6H2,(H,7,8)(H,9,10)/i3D/hD2. The highest BCUT2D eigenvalue weighted by atomic mass is 16.4. The van der Waals surface area contributed by atoms with Crippen LogP contribution in [-0.2, 0) is 9.59 Å². The molecule has 58 valence electrons. The fraction of sp³-hybridized carbons (Fsp3) is 0.600. The van der Waals surface area contributed by atoms with Gasteiger partial charge in [0.05, 0.1) is 1.37 Å². The number of carboxylic acids is 2. The van der Waals surface area contributed by atoms with Crippen molar-refractivity contribution >= 4 is 11.9 Å². The summed E-state index contributed by atoms with van der Waals surface area (Å²) in [6, 6.07) is -2.52. The number of aliphatic carboxylic acids is 2. The Morgan fingerprint density at radius 2 is 2.30 bits per heavy atom. The summed E-state index contributed by atoms with van der Waals surface area (Å²) in [6.45, 7) is 0. The van der Waals surface area contributed by atoms with E-state index in [1.807, 2.05) is 0 Å². The first-order chi connectivity index (χ1) is 5.80. The largest absolute Gasteiger partial charge is 0.481 e. The van der Waals surface area contributed by atoms with Crippen molar-refractivity contribution in [1.29, 1.82) is 0 Å². The Morgan fingerprint density at radius 1 is 1.70 bits per heavy atom. The molecule has 4 N–H and O–H groups in total. The summed E-state index contributed by atoms with van der Waals surface area (Å²) in [6.07, 6.45) is -1.17. The lowest BCUT2D eigenvalue weighted by molar-refractivity contribution is -0.139. The van der Waals surface area contributed by atoms with Crippen molar-refractivity contribution in [2.24, 2.45) is 5.72 Å². The fourth-order valence-electron chi connectivity index (χ4n) is 0.332. The highest BCUT2D eigenvalue weighted by Gasteiger charge is 2.12. The molecule has 0 radical (unpaired) electrons. The molecule has 0 aromatic heterocycles. The Bertz CT molecular complexity index is 222. The van der Waals surface area contributed by atoms with E-state index in [0.29, 0.717) is 0 Å². The summed E-state index contributed by atoms with van der Waals surface area (Å²) >= 11 is 0. The third kappa shape index (κ3) is 3.85. The molecule has 0 amide bonds. The second-order valence-corrected chi connectivity index (χ2v) is 1.65. The van der Waals surface area contributed by atoms with Gasteiger partial charge in [-0.05, 0) is 6.42 Å². The lowest BCUT2D eigenvalue weighted by Crippen LogP contribution is -2.30. The average molecular weight is 150 g/mol. The number of rotatable bonds is 5. The zero-order chi connectivity index (χ0) is 10.6. The monoisotopic (exact) mass is 150 g/mol. The van der Waals surface area contributed by atoms with Gasteiger partial charge in [-0.2, -0.15) is 0 Å². The number of carbonyl (C=O) groups is 2. The van der Waals surface area contributed by atoms with E-state index in [9.17, 15) is 9.59 Å².